The van der Waals surface area contributed by atoms with Crippen LogP contribution in [0, 0.1) is 0 Å². The summed E-state index contributed by atoms with van der Waals surface area (Å²) in [5.41, 5.74) is -0.236. The van der Waals surface area contributed by atoms with E-state index in [9.17, 15) is 14.4 Å². The predicted molar refractivity (Wildman–Crippen MR) is 98.5 cm³/mol. The van der Waals surface area contributed by atoms with Crippen molar-refractivity contribution in [2.45, 2.75) is 39.5 Å². The molecule has 1 fully saturated rings. The Morgan fingerprint density at radius 2 is 1.81 bits per heavy atom. The molecule has 0 N–H and O–H groups in total. The van der Waals surface area contributed by atoms with Crippen molar-refractivity contribution in [3.05, 3.63) is 40.3 Å². The molecule has 2 unspecified atom stereocenters. The molecule has 27 heavy (non-hydrogen) atoms. The summed E-state index contributed by atoms with van der Waals surface area (Å²) >= 11 is 0. The highest BCUT2D eigenvalue weighted by molar-refractivity contribution is 6.02. The molecule has 2 atom stereocenters. The molecule has 1 aromatic carbocycles. The minimum absolute atomic E-state index is 0.0311. The number of aryl methyl sites for hydroxylation is 1. The van der Waals surface area contributed by atoms with Crippen LogP contribution in [0.4, 0.5) is 0 Å². The molecule has 1 aliphatic heterocycles. The number of aromatic nitrogens is 2. The second-order valence-electron chi connectivity index (χ2n) is 6.65. The summed E-state index contributed by atoms with van der Waals surface area (Å²) in [6.45, 7) is 6.43. The lowest BCUT2D eigenvalue weighted by Crippen LogP contribution is -2.49. The maximum absolute atomic E-state index is 12.6. The Bertz CT molecular complexity index is 913. The fourth-order valence-corrected chi connectivity index (χ4v) is 3.27. The van der Waals surface area contributed by atoms with Crippen LogP contribution >= 0.6 is 0 Å². The minimum Gasteiger partial charge on any atom is -0.451 e. The molecule has 0 spiro atoms. The first-order valence-electron chi connectivity index (χ1n) is 9.01. The van der Waals surface area contributed by atoms with Gasteiger partial charge in [0.25, 0.3) is 11.5 Å². The Morgan fingerprint density at radius 3 is 2.44 bits per heavy atom. The van der Waals surface area contributed by atoms with Crippen molar-refractivity contribution >= 4 is 22.6 Å². The number of carbonyl (C=O) groups is 2. The van der Waals surface area contributed by atoms with Gasteiger partial charge in [0.2, 0.25) is 0 Å². The zero-order valence-electron chi connectivity index (χ0n) is 15.7. The maximum atomic E-state index is 12.6. The molecule has 3 rings (SSSR count). The molecule has 0 aliphatic carbocycles. The van der Waals surface area contributed by atoms with E-state index in [1.807, 2.05) is 13.8 Å². The average Bonchev–Trinajstić information content (AvgIpc) is 2.65. The number of nitrogens with zero attached hydrogens (tertiary/aromatic N) is 3. The fourth-order valence-electron chi connectivity index (χ4n) is 3.27. The van der Waals surface area contributed by atoms with Gasteiger partial charge in [-0.15, -0.1) is 0 Å². The Balaban J connectivity index is 1.78. The SMILES string of the molecule is CCn1nc(C(=O)OCC(=O)N2CC(C)OC(C)C2)c2ccccc2c1=O. The van der Waals surface area contributed by atoms with E-state index in [2.05, 4.69) is 5.10 Å². The van der Waals surface area contributed by atoms with Crippen molar-refractivity contribution < 1.29 is 19.1 Å². The van der Waals surface area contributed by atoms with Crippen LogP contribution in [-0.2, 0) is 20.8 Å². The second-order valence-corrected chi connectivity index (χ2v) is 6.65. The standard InChI is InChI=1S/C19H23N3O5/c1-4-22-18(24)15-8-6-5-7-14(15)17(20-22)19(25)26-11-16(23)21-9-12(2)27-13(3)10-21/h5-8,12-13H,4,9-11H2,1-3H3. The lowest BCUT2D eigenvalue weighted by Gasteiger charge is -2.35. The molecule has 0 radical (unpaired) electrons. The van der Waals surface area contributed by atoms with Crippen molar-refractivity contribution in [2.75, 3.05) is 19.7 Å². The molecular weight excluding hydrogens is 350 g/mol. The van der Waals surface area contributed by atoms with Gasteiger partial charge >= 0.3 is 5.97 Å². The highest BCUT2D eigenvalue weighted by Crippen LogP contribution is 2.15. The zero-order chi connectivity index (χ0) is 19.6. The van der Waals surface area contributed by atoms with Gasteiger partial charge in [0.1, 0.15) is 0 Å². The van der Waals surface area contributed by atoms with Gasteiger partial charge < -0.3 is 14.4 Å². The van der Waals surface area contributed by atoms with Crippen molar-refractivity contribution in [3.63, 3.8) is 0 Å². The molecule has 8 nitrogen and oxygen atoms in total. The number of esters is 1. The van der Waals surface area contributed by atoms with Gasteiger partial charge in [-0.05, 0) is 26.8 Å². The van der Waals surface area contributed by atoms with E-state index < -0.39 is 5.97 Å². The molecular formula is C19H23N3O5. The number of carbonyl (C=O) groups excluding carboxylic acids is 2. The van der Waals surface area contributed by atoms with Crippen molar-refractivity contribution in [1.82, 2.24) is 14.7 Å². The summed E-state index contributed by atoms with van der Waals surface area (Å²) in [5, 5.41) is 4.93. The van der Waals surface area contributed by atoms with Gasteiger partial charge in [-0.2, -0.15) is 5.10 Å². The quantitative estimate of drug-likeness (QED) is 0.748. The van der Waals surface area contributed by atoms with E-state index in [4.69, 9.17) is 9.47 Å². The normalized spacial score (nSPS) is 19.9. The third kappa shape index (κ3) is 4.00. The average molecular weight is 373 g/mol. The van der Waals surface area contributed by atoms with Gasteiger partial charge in [0.15, 0.2) is 12.3 Å². The van der Waals surface area contributed by atoms with Crippen molar-refractivity contribution in [1.29, 1.82) is 0 Å². The summed E-state index contributed by atoms with van der Waals surface area (Å²) in [5.74, 6) is -1.01. The maximum Gasteiger partial charge on any atom is 0.359 e. The van der Waals surface area contributed by atoms with Crippen LogP contribution in [0.15, 0.2) is 29.1 Å². The number of benzene rings is 1. The molecule has 1 aliphatic rings. The Hall–Kier alpha value is -2.74. The summed E-state index contributed by atoms with van der Waals surface area (Å²) < 4.78 is 12.0. The summed E-state index contributed by atoms with van der Waals surface area (Å²) in [4.78, 5) is 38.9. The van der Waals surface area contributed by atoms with Crippen LogP contribution in [-0.4, -0.2) is 58.5 Å². The van der Waals surface area contributed by atoms with Crippen LogP contribution in [0.3, 0.4) is 0 Å². The number of amides is 1. The molecule has 144 valence electrons. The largest absolute Gasteiger partial charge is 0.451 e. The molecule has 2 heterocycles. The van der Waals surface area contributed by atoms with Crippen molar-refractivity contribution in [3.8, 4) is 0 Å². The van der Waals surface area contributed by atoms with Crippen LogP contribution in [0.5, 0.6) is 0 Å². The molecule has 1 saturated heterocycles. The van der Waals surface area contributed by atoms with Gasteiger partial charge in [-0.1, -0.05) is 18.2 Å². The third-order valence-corrected chi connectivity index (χ3v) is 4.46. The molecule has 8 heteroatoms. The van der Waals surface area contributed by atoms with E-state index >= 15 is 0 Å². The Morgan fingerprint density at radius 1 is 1.19 bits per heavy atom. The molecule has 1 aromatic heterocycles. The van der Waals surface area contributed by atoms with Crippen LogP contribution in [0.25, 0.3) is 10.8 Å². The summed E-state index contributed by atoms with van der Waals surface area (Å²) in [6, 6.07) is 6.73. The van der Waals surface area contributed by atoms with Crippen LogP contribution in [0.2, 0.25) is 0 Å². The fraction of sp³-hybridized carbons (Fsp3) is 0.474. The predicted octanol–water partition coefficient (Wildman–Crippen LogP) is 1.21. The summed E-state index contributed by atoms with van der Waals surface area (Å²) in [6.07, 6.45) is -0.126. The first-order valence-corrected chi connectivity index (χ1v) is 9.01. The van der Waals surface area contributed by atoms with Gasteiger partial charge in [0, 0.05) is 25.0 Å². The second kappa shape index (κ2) is 7.87. The van der Waals surface area contributed by atoms with E-state index in [0.717, 1.165) is 0 Å². The number of rotatable bonds is 4. The van der Waals surface area contributed by atoms with E-state index in [1.54, 1.807) is 36.1 Å². The monoisotopic (exact) mass is 373 g/mol. The van der Waals surface area contributed by atoms with Gasteiger partial charge in [-0.3, -0.25) is 9.59 Å². The first-order chi connectivity index (χ1) is 12.9. The number of fused-ring (bicyclic) bond motifs is 1. The molecule has 1 amide bonds. The lowest BCUT2D eigenvalue weighted by molar-refractivity contribution is -0.146. The van der Waals surface area contributed by atoms with Crippen molar-refractivity contribution in [2.24, 2.45) is 0 Å². The minimum atomic E-state index is -0.726. The summed E-state index contributed by atoms with van der Waals surface area (Å²) in [7, 11) is 0. The Labute approximate surface area is 156 Å². The number of ether oxygens (including phenoxy) is 2. The topological polar surface area (TPSA) is 90.7 Å². The third-order valence-electron chi connectivity index (χ3n) is 4.46. The van der Waals surface area contributed by atoms with Gasteiger partial charge in [-0.25, -0.2) is 9.48 Å². The van der Waals surface area contributed by atoms with E-state index in [-0.39, 0.29) is 36.0 Å². The molecule has 0 saturated carbocycles. The Kier molecular flexibility index (Phi) is 5.55. The first kappa shape index (κ1) is 19.0. The molecule has 0 bridgehead atoms. The number of hydrogen-bond donors (Lipinski definition) is 0. The zero-order valence-corrected chi connectivity index (χ0v) is 15.7. The van der Waals surface area contributed by atoms with E-state index in [0.29, 0.717) is 30.4 Å². The molecule has 2 aromatic rings. The highest BCUT2D eigenvalue weighted by Gasteiger charge is 2.27. The number of hydrogen-bond acceptors (Lipinski definition) is 6. The number of morpholine rings is 1. The lowest BCUT2D eigenvalue weighted by atomic mass is 10.1. The van der Waals surface area contributed by atoms with Crippen LogP contribution < -0.4 is 5.56 Å². The highest BCUT2D eigenvalue weighted by atomic mass is 16.5. The smallest absolute Gasteiger partial charge is 0.359 e. The van der Waals surface area contributed by atoms with E-state index in [1.165, 1.54) is 4.68 Å². The van der Waals surface area contributed by atoms with Gasteiger partial charge in [0.05, 0.1) is 17.6 Å². The van der Waals surface area contributed by atoms with Crippen LogP contribution in [0.1, 0.15) is 31.3 Å².